The van der Waals surface area contributed by atoms with Crippen LogP contribution in [0.15, 0.2) is 60.0 Å². The molecule has 0 bridgehead atoms. The lowest BCUT2D eigenvalue weighted by Gasteiger charge is -2.38. The quantitative estimate of drug-likeness (QED) is 0.367. The molecular weight excluding hydrogens is 452 g/mol. The summed E-state index contributed by atoms with van der Waals surface area (Å²) in [7, 11) is 0. The second kappa shape index (κ2) is 11.2. The highest BCUT2D eigenvalue weighted by Gasteiger charge is 2.35. The van der Waals surface area contributed by atoms with Crippen LogP contribution in [0.5, 0.6) is 0 Å². The fraction of sp³-hybridized carbons (Fsp3) is 0.400. The maximum Gasteiger partial charge on any atom is 0.254 e. The van der Waals surface area contributed by atoms with Crippen LogP contribution < -0.4 is 0 Å². The molecule has 3 aromatic rings. The van der Waals surface area contributed by atoms with Crippen LogP contribution in [-0.4, -0.2) is 40.7 Å². The van der Waals surface area contributed by atoms with Crippen LogP contribution in [0.2, 0.25) is 0 Å². The standard InChI is InChI=1S/C30H36N2O2S/c1-5-6-10-23-12-14-24(15-13-23)30(34)32(21(2)3)20-28(33)31-18-16-27-26(17-19-35-27)29(31)25-11-8-7-9-22(25)4/h7-9,11-15,17,19,21,29H,5-6,10,16,18,20H2,1-4H3. The van der Waals surface area contributed by atoms with Gasteiger partial charge in [-0.15, -0.1) is 11.3 Å². The number of fused-ring (bicyclic) bond motifs is 1. The van der Waals surface area contributed by atoms with Crippen LogP contribution >= 0.6 is 11.3 Å². The van der Waals surface area contributed by atoms with Gasteiger partial charge in [0.2, 0.25) is 5.91 Å². The second-order valence-corrected chi connectivity index (χ2v) is 10.7. The van der Waals surface area contributed by atoms with E-state index in [1.807, 2.05) is 55.1 Å². The van der Waals surface area contributed by atoms with Crippen molar-refractivity contribution in [2.75, 3.05) is 13.1 Å². The lowest BCUT2D eigenvalue weighted by atomic mass is 9.90. The normalized spacial score (nSPS) is 15.2. The molecule has 35 heavy (non-hydrogen) atoms. The number of nitrogens with zero attached hydrogens (tertiary/aromatic N) is 2. The summed E-state index contributed by atoms with van der Waals surface area (Å²) in [5.74, 6) is -0.0900. The molecule has 2 aromatic carbocycles. The zero-order chi connectivity index (χ0) is 24.9. The third-order valence-electron chi connectivity index (χ3n) is 6.98. The zero-order valence-electron chi connectivity index (χ0n) is 21.3. The molecule has 184 valence electrons. The van der Waals surface area contributed by atoms with Crippen molar-refractivity contribution in [1.82, 2.24) is 9.80 Å². The SMILES string of the molecule is CCCCc1ccc(C(=O)N(CC(=O)N2CCc3sccc3C2c2ccccc2C)C(C)C)cc1. The number of unbranched alkanes of at least 4 members (excludes halogenated alkanes) is 1. The first kappa shape index (κ1) is 25.2. The lowest BCUT2D eigenvalue weighted by molar-refractivity contribution is -0.134. The van der Waals surface area contributed by atoms with Crippen LogP contribution in [0.3, 0.4) is 0 Å². The van der Waals surface area contributed by atoms with Crippen molar-refractivity contribution in [2.45, 2.75) is 65.5 Å². The third kappa shape index (κ3) is 5.51. The number of benzene rings is 2. The predicted molar refractivity (Wildman–Crippen MR) is 144 cm³/mol. The maximum absolute atomic E-state index is 13.8. The van der Waals surface area contributed by atoms with Gasteiger partial charge in [0, 0.05) is 23.0 Å². The Hall–Kier alpha value is -2.92. The molecule has 1 unspecified atom stereocenters. The van der Waals surface area contributed by atoms with E-state index in [2.05, 4.69) is 37.4 Å². The predicted octanol–water partition coefficient (Wildman–Crippen LogP) is 6.42. The van der Waals surface area contributed by atoms with Crippen molar-refractivity contribution in [3.63, 3.8) is 0 Å². The summed E-state index contributed by atoms with van der Waals surface area (Å²) < 4.78 is 0. The number of rotatable bonds is 8. The summed E-state index contributed by atoms with van der Waals surface area (Å²) >= 11 is 1.77. The molecule has 0 saturated heterocycles. The van der Waals surface area contributed by atoms with E-state index in [0.29, 0.717) is 12.1 Å². The van der Waals surface area contributed by atoms with Crippen LogP contribution in [0.25, 0.3) is 0 Å². The average molecular weight is 489 g/mol. The summed E-state index contributed by atoms with van der Waals surface area (Å²) in [6.07, 6.45) is 4.17. The van der Waals surface area contributed by atoms with Gasteiger partial charge in [0.1, 0.15) is 6.54 Å². The number of carbonyl (C=O) groups is 2. The van der Waals surface area contributed by atoms with Gasteiger partial charge in [0.05, 0.1) is 6.04 Å². The number of aryl methyl sites for hydroxylation is 2. The lowest BCUT2D eigenvalue weighted by Crippen LogP contribution is -2.48. The Morgan fingerprint density at radius 1 is 1.06 bits per heavy atom. The smallest absolute Gasteiger partial charge is 0.254 e. The van der Waals surface area contributed by atoms with Gasteiger partial charge in [0.25, 0.3) is 5.91 Å². The number of hydrogen-bond donors (Lipinski definition) is 0. The van der Waals surface area contributed by atoms with E-state index in [0.717, 1.165) is 31.2 Å². The van der Waals surface area contributed by atoms with E-state index in [4.69, 9.17) is 0 Å². The molecule has 1 aliphatic heterocycles. The Kier molecular flexibility index (Phi) is 8.07. The monoisotopic (exact) mass is 488 g/mol. The molecule has 2 heterocycles. The maximum atomic E-state index is 13.8. The van der Waals surface area contributed by atoms with E-state index < -0.39 is 0 Å². The van der Waals surface area contributed by atoms with Crippen LogP contribution in [0.1, 0.15) is 77.1 Å². The van der Waals surface area contributed by atoms with Crippen LogP contribution in [0, 0.1) is 6.92 Å². The van der Waals surface area contributed by atoms with E-state index >= 15 is 0 Å². The summed E-state index contributed by atoms with van der Waals surface area (Å²) in [6.45, 7) is 8.99. The molecule has 0 spiro atoms. The fourth-order valence-corrected chi connectivity index (χ4v) is 5.80. The molecule has 4 nitrogen and oxygen atoms in total. The number of amides is 2. The highest BCUT2D eigenvalue weighted by Crippen LogP contribution is 2.39. The Morgan fingerprint density at radius 3 is 2.49 bits per heavy atom. The van der Waals surface area contributed by atoms with Crippen molar-refractivity contribution in [1.29, 1.82) is 0 Å². The molecule has 1 aromatic heterocycles. The second-order valence-electron chi connectivity index (χ2n) is 9.72. The van der Waals surface area contributed by atoms with Gasteiger partial charge in [-0.05, 0) is 85.9 Å². The first-order chi connectivity index (χ1) is 16.9. The van der Waals surface area contributed by atoms with Gasteiger partial charge in [-0.25, -0.2) is 0 Å². The van der Waals surface area contributed by atoms with E-state index in [1.165, 1.54) is 21.6 Å². The Morgan fingerprint density at radius 2 is 1.80 bits per heavy atom. The first-order valence-corrected chi connectivity index (χ1v) is 13.6. The van der Waals surface area contributed by atoms with Gasteiger partial charge in [-0.2, -0.15) is 0 Å². The number of carbonyl (C=O) groups excluding carboxylic acids is 2. The molecule has 0 aliphatic carbocycles. The van der Waals surface area contributed by atoms with Crippen molar-refractivity contribution in [2.24, 2.45) is 0 Å². The third-order valence-corrected chi connectivity index (χ3v) is 7.98. The largest absolute Gasteiger partial charge is 0.330 e. The molecule has 2 amide bonds. The zero-order valence-corrected chi connectivity index (χ0v) is 22.1. The minimum Gasteiger partial charge on any atom is -0.330 e. The molecule has 1 atom stereocenters. The molecule has 0 fully saturated rings. The van der Waals surface area contributed by atoms with Crippen molar-refractivity contribution in [3.8, 4) is 0 Å². The Balaban J connectivity index is 1.57. The van der Waals surface area contributed by atoms with Gasteiger partial charge in [-0.3, -0.25) is 9.59 Å². The molecule has 0 saturated carbocycles. The van der Waals surface area contributed by atoms with Crippen molar-refractivity contribution >= 4 is 23.2 Å². The van der Waals surface area contributed by atoms with Crippen molar-refractivity contribution < 1.29 is 9.59 Å². The van der Waals surface area contributed by atoms with Crippen LogP contribution in [0.4, 0.5) is 0 Å². The van der Waals surface area contributed by atoms with Crippen LogP contribution in [-0.2, 0) is 17.6 Å². The van der Waals surface area contributed by atoms with Gasteiger partial charge >= 0.3 is 0 Å². The Bertz CT molecular complexity index is 1170. The van der Waals surface area contributed by atoms with Crippen molar-refractivity contribution in [3.05, 3.63) is 92.7 Å². The summed E-state index contributed by atoms with van der Waals surface area (Å²) in [6, 6.07) is 18.2. The molecule has 0 N–H and O–H groups in total. The topological polar surface area (TPSA) is 40.6 Å². The number of thiophene rings is 1. The van der Waals surface area contributed by atoms with Gasteiger partial charge in [-0.1, -0.05) is 49.7 Å². The minimum absolute atomic E-state index is 0.00304. The van der Waals surface area contributed by atoms with E-state index in [9.17, 15) is 9.59 Å². The molecule has 4 rings (SSSR count). The summed E-state index contributed by atoms with van der Waals surface area (Å²) in [5.41, 5.74) is 5.44. The fourth-order valence-electron chi connectivity index (χ4n) is 4.90. The Labute approximate surface area is 213 Å². The van der Waals surface area contributed by atoms with E-state index in [-0.39, 0.29) is 30.4 Å². The minimum atomic E-state index is -0.110. The highest BCUT2D eigenvalue weighted by molar-refractivity contribution is 7.10. The summed E-state index contributed by atoms with van der Waals surface area (Å²) in [4.78, 5) is 32.3. The molecule has 0 radical (unpaired) electrons. The first-order valence-electron chi connectivity index (χ1n) is 12.7. The van der Waals surface area contributed by atoms with Gasteiger partial charge in [0.15, 0.2) is 0 Å². The summed E-state index contributed by atoms with van der Waals surface area (Å²) in [5, 5.41) is 2.12. The molecule has 1 aliphatic rings. The highest BCUT2D eigenvalue weighted by atomic mass is 32.1. The molecular formula is C30H36N2O2S. The van der Waals surface area contributed by atoms with Gasteiger partial charge < -0.3 is 9.80 Å². The molecule has 5 heteroatoms. The average Bonchev–Trinajstić information content (AvgIpc) is 3.34. The van der Waals surface area contributed by atoms with E-state index in [1.54, 1.807) is 16.2 Å². The number of hydrogen-bond acceptors (Lipinski definition) is 3.